The summed E-state index contributed by atoms with van der Waals surface area (Å²) < 4.78 is 0. The zero-order valence-electron chi connectivity index (χ0n) is 15.0. The normalized spacial score (nSPS) is 12.9. The van der Waals surface area contributed by atoms with Gasteiger partial charge in [0.15, 0.2) is 0 Å². The van der Waals surface area contributed by atoms with Crippen molar-refractivity contribution in [2.45, 2.75) is 19.8 Å². The molecule has 0 aromatic heterocycles. The Bertz CT molecular complexity index is 763. The summed E-state index contributed by atoms with van der Waals surface area (Å²) in [6.07, 6.45) is 1.66. The third kappa shape index (κ3) is 3.22. The fourth-order valence-electron chi connectivity index (χ4n) is 3.56. The van der Waals surface area contributed by atoms with Crippen molar-refractivity contribution in [1.29, 1.82) is 0 Å². The predicted octanol–water partition coefficient (Wildman–Crippen LogP) is 5.04. The van der Waals surface area contributed by atoms with Gasteiger partial charge in [0.2, 0.25) is 0 Å². The van der Waals surface area contributed by atoms with Crippen LogP contribution >= 0.6 is 17.2 Å². The molecule has 0 saturated carbocycles. The van der Waals surface area contributed by atoms with Crippen LogP contribution in [0.5, 0.6) is 0 Å². The summed E-state index contributed by atoms with van der Waals surface area (Å²) in [7, 11) is 0. The first-order valence-electron chi connectivity index (χ1n) is 9.01. The summed E-state index contributed by atoms with van der Waals surface area (Å²) in [4.78, 5) is 12.3. The first-order chi connectivity index (χ1) is 12.6. The minimum atomic E-state index is -3.26. The van der Waals surface area contributed by atoms with E-state index in [1.165, 1.54) is 0 Å². The molecule has 0 bridgehead atoms. The fraction of sp³-hybridized carbons (Fsp3) is 0.174. The Labute approximate surface area is 160 Å². The Morgan fingerprint density at radius 3 is 1.38 bits per heavy atom. The molecule has 3 rings (SSSR count). The van der Waals surface area contributed by atoms with E-state index in [0.717, 1.165) is 15.9 Å². The van der Waals surface area contributed by atoms with Gasteiger partial charge in [-0.15, -0.1) is 0 Å². The van der Waals surface area contributed by atoms with Gasteiger partial charge in [0.25, 0.3) is 0 Å². The van der Waals surface area contributed by atoms with Gasteiger partial charge in [0.1, 0.15) is 0 Å². The van der Waals surface area contributed by atoms with Crippen molar-refractivity contribution >= 4 is 38.9 Å². The van der Waals surface area contributed by atoms with Crippen LogP contribution in [0.1, 0.15) is 19.8 Å². The standard InChI is InChI=1S/C23H24ClOP/c1-2-20(25)18-19-26(24,21-12-6-3-7-13-21,22-14-8-4-9-15-22)23-16-10-5-11-17-23/h3-17H,2,18-19H2,1H3. The van der Waals surface area contributed by atoms with Crippen molar-refractivity contribution in [2.24, 2.45) is 0 Å². The van der Waals surface area contributed by atoms with Gasteiger partial charge < -0.3 is 0 Å². The molecular weight excluding hydrogens is 359 g/mol. The van der Waals surface area contributed by atoms with E-state index in [9.17, 15) is 4.79 Å². The Morgan fingerprint density at radius 2 is 1.08 bits per heavy atom. The Balaban J connectivity index is 2.33. The van der Waals surface area contributed by atoms with Gasteiger partial charge in [-0.2, -0.15) is 0 Å². The SMILES string of the molecule is CCC(=O)CCP(Cl)(c1ccccc1)(c1ccccc1)c1ccccc1. The Morgan fingerprint density at radius 1 is 0.731 bits per heavy atom. The number of halogens is 1. The topological polar surface area (TPSA) is 17.1 Å². The van der Waals surface area contributed by atoms with Crippen LogP contribution in [0.15, 0.2) is 91.0 Å². The van der Waals surface area contributed by atoms with E-state index in [4.69, 9.17) is 11.2 Å². The first-order valence-corrected chi connectivity index (χ1v) is 12.3. The number of carbonyl (C=O) groups is 1. The molecule has 0 radical (unpaired) electrons. The van der Waals surface area contributed by atoms with E-state index in [-0.39, 0.29) is 5.78 Å². The third-order valence-corrected chi connectivity index (χ3v) is 12.5. The van der Waals surface area contributed by atoms with Gasteiger partial charge >= 0.3 is 161 Å². The van der Waals surface area contributed by atoms with Crippen LogP contribution in [0.25, 0.3) is 0 Å². The fourth-order valence-corrected chi connectivity index (χ4v) is 9.55. The summed E-state index contributed by atoms with van der Waals surface area (Å²) in [5.74, 6) is -3.01. The van der Waals surface area contributed by atoms with Gasteiger partial charge in [-0.1, -0.05) is 0 Å². The number of benzene rings is 3. The molecule has 0 aliphatic rings. The number of ketones is 1. The van der Waals surface area contributed by atoms with Gasteiger partial charge in [-0.05, 0) is 0 Å². The van der Waals surface area contributed by atoms with Crippen LogP contribution in [0.3, 0.4) is 0 Å². The predicted molar refractivity (Wildman–Crippen MR) is 116 cm³/mol. The van der Waals surface area contributed by atoms with Crippen molar-refractivity contribution in [2.75, 3.05) is 6.16 Å². The van der Waals surface area contributed by atoms with Gasteiger partial charge in [-0.3, -0.25) is 0 Å². The Hall–Kier alpha value is -1.95. The van der Waals surface area contributed by atoms with E-state index in [1.807, 2.05) is 61.5 Å². The van der Waals surface area contributed by atoms with Crippen molar-refractivity contribution in [1.82, 2.24) is 0 Å². The molecule has 0 atom stereocenters. The molecule has 3 aromatic carbocycles. The Kier molecular flexibility index (Phi) is 5.61. The van der Waals surface area contributed by atoms with Crippen LogP contribution in [-0.4, -0.2) is 11.9 Å². The number of Topliss-reactive ketones (excluding diaryl/α,β-unsaturated/α-hetero) is 1. The van der Waals surface area contributed by atoms with Gasteiger partial charge in [0, 0.05) is 0 Å². The van der Waals surface area contributed by atoms with Crippen molar-refractivity contribution in [3.8, 4) is 0 Å². The zero-order chi connectivity index (χ0) is 18.5. The van der Waals surface area contributed by atoms with Crippen molar-refractivity contribution in [3.05, 3.63) is 91.0 Å². The molecule has 0 spiro atoms. The van der Waals surface area contributed by atoms with E-state index in [1.54, 1.807) is 0 Å². The van der Waals surface area contributed by atoms with E-state index < -0.39 is 5.96 Å². The van der Waals surface area contributed by atoms with Crippen LogP contribution in [0.2, 0.25) is 0 Å². The summed E-state index contributed by atoms with van der Waals surface area (Å²) in [5.41, 5.74) is 0. The second-order valence-corrected chi connectivity index (χ2v) is 13.2. The first kappa shape index (κ1) is 18.8. The van der Waals surface area contributed by atoms with Crippen molar-refractivity contribution < 1.29 is 4.79 Å². The monoisotopic (exact) mass is 382 g/mol. The molecule has 0 fully saturated rings. The van der Waals surface area contributed by atoms with Gasteiger partial charge in [-0.25, -0.2) is 0 Å². The third-order valence-electron chi connectivity index (χ3n) is 5.09. The van der Waals surface area contributed by atoms with E-state index >= 15 is 0 Å². The number of carbonyl (C=O) groups excluding carboxylic acids is 1. The molecule has 0 amide bonds. The molecule has 0 N–H and O–H groups in total. The van der Waals surface area contributed by atoms with E-state index in [2.05, 4.69) is 36.4 Å². The molecule has 0 aliphatic heterocycles. The average Bonchev–Trinajstić information content (AvgIpc) is 2.74. The molecule has 3 heteroatoms. The van der Waals surface area contributed by atoms with Crippen LogP contribution in [0.4, 0.5) is 0 Å². The van der Waals surface area contributed by atoms with E-state index in [0.29, 0.717) is 19.0 Å². The number of hydrogen-bond acceptors (Lipinski definition) is 1. The van der Waals surface area contributed by atoms with Crippen LogP contribution in [-0.2, 0) is 4.79 Å². The molecule has 3 aromatic rings. The molecular formula is C23H24ClOP. The molecule has 0 aliphatic carbocycles. The van der Waals surface area contributed by atoms with Crippen LogP contribution < -0.4 is 15.9 Å². The number of hydrogen-bond donors (Lipinski definition) is 0. The van der Waals surface area contributed by atoms with Crippen molar-refractivity contribution in [3.63, 3.8) is 0 Å². The van der Waals surface area contributed by atoms with Gasteiger partial charge in [0.05, 0.1) is 0 Å². The summed E-state index contributed by atoms with van der Waals surface area (Å²) in [6.45, 7) is 1.92. The maximum absolute atomic E-state index is 12.3. The molecule has 0 unspecified atom stereocenters. The molecule has 26 heavy (non-hydrogen) atoms. The molecule has 134 valence electrons. The second kappa shape index (κ2) is 7.74. The zero-order valence-corrected chi connectivity index (χ0v) is 16.7. The maximum atomic E-state index is 12.3. The minimum absolute atomic E-state index is 0.252. The average molecular weight is 383 g/mol. The molecule has 1 nitrogen and oxygen atoms in total. The second-order valence-electron chi connectivity index (χ2n) is 6.56. The quantitative estimate of drug-likeness (QED) is 0.523. The molecule has 0 heterocycles. The molecule has 0 saturated heterocycles. The summed E-state index contributed by atoms with van der Waals surface area (Å²) in [5, 5.41) is 3.34. The van der Waals surface area contributed by atoms with Crippen LogP contribution in [0, 0.1) is 0 Å². The summed E-state index contributed by atoms with van der Waals surface area (Å²) in [6, 6.07) is 30.9. The number of rotatable bonds is 7. The summed E-state index contributed by atoms with van der Waals surface area (Å²) >= 11 is 7.85.